The van der Waals surface area contributed by atoms with Crippen molar-refractivity contribution < 1.29 is 14.7 Å². The fraction of sp³-hybridized carbons (Fsp3) is 0.467. The van der Waals surface area contributed by atoms with Crippen LogP contribution in [0.3, 0.4) is 0 Å². The first kappa shape index (κ1) is 13.0. The van der Waals surface area contributed by atoms with Crippen LogP contribution in [0.15, 0.2) is 18.2 Å². The van der Waals surface area contributed by atoms with E-state index in [4.69, 9.17) is 0 Å². The number of carbonyl (C=O) groups excluding carboxylic acids is 1. The Morgan fingerprint density at radius 1 is 1.15 bits per heavy atom. The minimum atomic E-state index is -0.978. The molecule has 0 unspecified atom stereocenters. The molecule has 1 aromatic rings. The molecular weight excluding hydrogens is 256 g/mol. The molecule has 0 bridgehead atoms. The van der Waals surface area contributed by atoms with Gasteiger partial charge in [0.1, 0.15) is 5.54 Å². The topological polar surface area (TPSA) is 78.4 Å². The summed E-state index contributed by atoms with van der Waals surface area (Å²) in [7, 11) is 0. The van der Waals surface area contributed by atoms with Crippen molar-refractivity contribution in [1.82, 2.24) is 0 Å². The van der Waals surface area contributed by atoms with Crippen molar-refractivity contribution in [2.45, 2.75) is 44.1 Å². The van der Waals surface area contributed by atoms with Gasteiger partial charge in [-0.1, -0.05) is 31.7 Å². The van der Waals surface area contributed by atoms with Crippen LogP contribution < -0.4 is 10.6 Å². The largest absolute Gasteiger partial charge is 0.478 e. The zero-order valence-electron chi connectivity index (χ0n) is 11.2. The van der Waals surface area contributed by atoms with E-state index in [0.29, 0.717) is 11.4 Å². The van der Waals surface area contributed by atoms with Crippen LogP contribution in [0.25, 0.3) is 0 Å². The van der Waals surface area contributed by atoms with Crippen molar-refractivity contribution in [1.29, 1.82) is 0 Å². The van der Waals surface area contributed by atoms with Gasteiger partial charge in [0, 0.05) is 0 Å². The number of fused-ring (bicyclic) bond motifs is 1. The van der Waals surface area contributed by atoms with Crippen molar-refractivity contribution in [3.63, 3.8) is 0 Å². The zero-order valence-corrected chi connectivity index (χ0v) is 11.2. The highest BCUT2D eigenvalue weighted by Gasteiger charge is 2.42. The van der Waals surface area contributed by atoms with Gasteiger partial charge in [-0.2, -0.15) is 0 Å². The Balaban J connectivity index is 2.03. The smallest absolute Gasteiger partial charge is 0.337 e. The Hall–Kier alpha value is -2.04. The van der Waals surface area contributed by atoms with Crippen molar-refractivity contribution in [3.8, 4) is 0 Å². The number of carboxylic acids is 1. The van der Waals surface area contributed by atoms with Gasteiger partial charge >= 0.3 is 5.97 Å². The molecular formula is C15H18N2O3. The molecule has 3 rings (SSSR count). The number of carboxylic acid groups (broad SMARTS) is 1. The lowest BCUT2D eigenvalue weighted by Crippen LogP contribution is -2.52. The molecule has 3 N–H and O–H groups in total. The molecule has 1 aromatic carbocycles. The monoisotopic (exact) mass is 274 g/mol. The fourth-order valence-electron chi connectivity index (χ4n) is 3.19. The highest BCUT2D eigenvalue weighted by molar-refractivity contribution is 6.10. The standard InChI is InChI=1S/C15H18N2O3/c18-13(19)10-6-5-7-11-12(10)17-15(14(20)16-11)8-3-1-2-4-9-15/h5-7,17H,1-4,8-9H2,(H,16,20)(H,18,19). The van der Waals surface area contributed by atoms with Crippen molar-refractivity contribution in [2.75, 3.05) is 10.6 Å². The van der Waals surface area contributed by atoms with E-state index in [2.05, 4.69) is 10.6 Å². The van der Waals surface area contributed by atoms with E-state index in [0.717, 1.165) is 38.5 Å². The Morgan fingerprint density at radius 2 is 1.85 bits per heavy atom. The van der Waals surface area contributed by atoms with E-state index in [9.17, 15) is 14.7 Å². The average Bonchev–Trinajstić information content (AvgIpc) is 2.66. The number of para-hydroxylation sites is 1. The molecule has 0 aromatic heterocycles. The minimum absolute atomic E-state index is 0.0329. The third-order valence-corrected chi connectivity index (χ3v) is 4.30. The third-order valence-electron chi connectivity index (χ3n) is 4.30. The second kappa shape index (κ2) is 4.81. The van der Waals surface area contributed by atoms with E-state index in [1.165, 1.54) is 0 Å². The summed E-state index contributed by atoms with van der Waals surface area (Å²) in [6.45, 7) is 0. The maximum atomic E-state index is 12.4. The second-order valence-electron chi connectivity index (χ2n) is 5.61. The van der Waals surface area contributed by atoms with Crippen molar-refractivity contribution in [2.24, 2.45) is 0 Å². The highest BCUT2D eigenvalue weighted by atomic mass is 16.4. The van der Waals surface area contributed by atoms with Gasteiger partial charge in [0.15, 0.2) is 0 Å². The molecule has 1 heterocycles. The van der Waals surface area contributed by atoms with Crippen molar-refractivity contribution in [3.05, 3.63) is 23.8 Å². The zero-order chi connectivity index (χ0) is 14.2. The molecule has 5 heteroatoms. The second-order valence-corrected chi connectivity index (χ2v) is 5.61. The minimum Gasteiger partial charge on any atom is -0.478 e. The van der Waals surface area contributed by atoms with Crippen molar-refractivity contribution >= 4 is 23.3 Å². The predicted octanol–water partition coefficient (Wildman–Crippen LogP) is 2.84. The molecule has 1 saturated carbocycles. The average molecular weight is 274 g/mol. The molecule has 106 valence electrons. The normalized spacial score (nSPS) is 20.5. The van der Waals surface area contributed by atoms with Gasteiger partial charge < -0.3 is 15.7 Å². The van der Waals surface area contributed by atoms with Crippen LogP contribution in [0.1, 0.15) is 48.9 Å². The number of hydrogen-bond donors (Lipinski definition) is 3. The number of carbonyl (C=O) groups is 2. The lowest BCUT2D eigenvalue weighted by atomic mass is 9.86. The number of aromatic carboxylic acids is 1. The molecule has 0 radical (unpaired) electrons. The maximum Gasteiger partial charge on any atom is 0.337 e. The Labute approximate surface area is 117 Å². The van der Waals surface area contributed by atoms with Gasteiger partial charge in [-0.05, 0) is 25.0 Å². The molecule has 2 aliphatic rings. The lowest BCUT2D eigenvalue weighted by Gasteiger charge is -2.38. The highest BCUT2D eigenvalue weighted by Crippen LogP contribution is 2.39. The summed E-state index contributed by atoms with van der Waals surface area (Å²) < 4.78 is 0. The molecule has 1 spiro atoms. The first-order chi connectivity index (χ1) is 9.62. The Morgan fingerprint density at radius 3 is 2.50 bits per heavy atom. The SMILES string of the molecule is O=C(O)c1cccc2c1NC1(CCCCCC1)C(=O)N2. The predicted molar refractivity (Wildman–Crippen MR) is 76.1 cm³/mol. The number of anilines is 2. The summed E-state index contributed by atoms with van der Waals surface area (Å²) in [6, 6.07) is 4.95. The number of nitrogens with one attached hydrogen (secondary N) is 2. The molecule has 20 heavy (non-hydrogen) atoms. The summed E-state index contributed by atoms with van der Waals surface area (Å²) in [5.41, 5.74) is 0.673. The fourth-order valence-corrected chi connectivity index (χ4v) is 3.19. The van der Waals surface area contributed by atoms with Crippen LogP contribution in [0.4, 0.5) is 11.4 Å². The van der Waals surface area contributed by atoms with E-state index >= 15 is 0 Å². The molecule has 1 fully saturated rings. The van der Waals surface area contributed by atoms with E-state index in [-0.39, 0.29) is 11.5 Å². The molecule has 1 aliphatic heterocycles. The van der Waals surface area contributed by atoms with E-state index < -0.39 is 11.5 Å². The van der Waals surface area contributed by atoms with E-state index in [1.54, 1.807) is 18.2 Å². The summed E-state index contributed by atoms with van der Waals surface area (Å²) >= 11 is 0. The summed E-state index contributed by atoms with van der Waals surface area (Å²) in [4.78, 5) is 23.8. The van der Waals surface area contributed by atoms with Crippen LogP contribution in [0.5, 0.6) is 0 Å². The summed E-state index contributed by atoms with van der Waals surface area (Å²) in [5, 5.41) is 15.4. The third kappa shape index (κ3) is 2.03. The molecule has 5 nitrogen and oxygen atoms in total. The molecule has 0 atom stereocenters. The Bertz CT molecular complexity index is 560. The van der Waals surface area contributed by atoms with Gasteiger partial charge in [0.25, 0.3) is 0 Å². The number of benzene rings is 1. The number of hydrogen-bond acceptors (Lipinski definition) is 3. The molecule has 1 amide bonds. The van der Waals surface area contributed by atoms with Gasteiger partial charge in [-0.3, -0.25) is 4.79 Å². The quantitative estimate of drug-likeness (QED) is 0.735. The van der Waals surface area contributed by atoms with Gasteiger partial charge in [-0.15, -0.1) is 0 Å². The number of rotatable bonds is 1. The van der Waals surface area contributed by atoms with Gasteiger partial charge in [0.05, 0.1) is 16.9 Å². The number of amides is 1. The molecule has 1 aliphatic carbocycles. The van der Waals surface area contributed by atoms with Gasteiger partial charge in [-0.25, -0.2) is 4.79 Å². The van der Waals surface area contributed by atoms with Gasteiger partial charge in [0.2, 0.25) is 5.91 Å². The van der Waals surface area contributed by atoms with Crippen LogP contribution in [0.2, 0.25) is 0 Å². The first-order valence-corrected chi connectivity index (χ1v) is 7.08. The van der Waals surface area contributed by atoms with Crippen LogP contribution >= 0.6 is 0 Å². The van der Waals surface area contributed by atoms with Crippen LogP contribution in [-0.4, -0.2) is 22.5 Å². The van der Waals surface area contributed by atoms with E-state index in [1.807, 2.05) is 0 Å². The van der Waals surface area contributed by atoms with Crippen LogP contribution in [0, 0.1) is 0 Å². The Kier molecular flexibility index (Phi) is 3.12. The first-order valence-electron chi connectivity index (χ1n) is 7.08. The lowest BCUT2D eigenvalue weighted by molar-refractivity contribution is -0.121. The maximum absolute atomic E-state index is 12.4. The summed E-state index contributed by atoms with van der Waals surface area (Å²) in [5.74, 6) is -1.01. The van der Waals surface area contributed by atoms with Crippen LogP contribution in [-0.2, 0) is 4.79 Å². The summed E-state index contributed by atoms with van der Waals surface area (Å²) in [6.07, 6.45) is 5.75. The molecule has 0 saturated heterocycles.